The monoisotopic (exact) mass is 329 g/mol. The largest absolute Gasteiger partial charge is 0.481 e. The molecule has 0 spiro atoms. The van der Waals surface area contributed by atoms with E-state index in [1.165, 1.54) is 12.5 Å². The molecule has 1 N–H and O–H groups in total. The van der Waals surface area contributed by atoms with E-state index >= 15 is 0 Å². The summed E-state index contributed by atoms with van der Waals surface area (Å²) < 4.78 is 4.95. The Balaban J connectivity index is 1.82. The summed E-state index contributed by atoms with van der Waals surface area (Å²) in [6.45, 7) is 3.45. The van der Waals surface area contributed by atoms with Crippen molar-refractivity contribution in [1.82, 2.24) is 9.88 Å². The fourth-order valence-electron chi connectivity index (χ4n) is 2.88. The number of carbonyl (C=O) groups excluding carboxylic acids is 1. The fraction of sp³-hybridized carbons (Fsp3) is 0.353. The van der Waals surface area contributed by atoms with Gasteiger partial charge in [-0.3, -0.25) is 14.6 Å². The van der Waals surface area contributed by atoms with Crippen molar-refractivity contribution in [2.24, 2.45) is 5.92 Å². The van der Waals surface area contributed by atoms with Crippen LogP contribution in [0.15, 0.2) is 41.3 Å². The molecule has 1 saturated heterocycles. The molecule has 126 valence electrons. The lowest BCUT2D eigenvalue weighted by Crippen LogP contribution is -2.37. The number of furan rings is 1. The molecule has 0 unspecified atom stereocenters. The molecule has 2 aromatic heterocycles. The summed E-state index contributed by atoms with van der Waals surface area (Å²) in [6.07, 6.45) is 4.53. The van der Waals surface area contributed by atoms with Crippen LogP contribution in [0.4, 0.5) is 5.69 Å². The second-order valence-electron chi connectivity index (χ2n) is 5.90. The molecule has 2 aromatic rings. The average Bonchev–Trinajstić information content (AvgIpc) is 2.99. The van der Waals surface area contributed by atoms with Crippen molar-refractivity contribution < 1.29 is 19.1 Å². The minimum Gasteiger partial charge on any atom is -0.481 e. The molecule has 1 amide bonds. The second kappa shape index (κ2) is 6.74. The quantitative estimate of drug-likeness (QED) is 0.921. The van der Waals surface area contributed by atoms with Gasteiger partial charge < -0.3 is 19.3 Å². The number of hydrogen-bond donors (Lipinski definition) is 1. The van der Waals surface area contributed by atoms with Crippen LogP contribution in [0.5, 0.6) is 0 Å². The normalized spacial score (nSPS) is 18.3. The minimum atomic E-state index is -0.905. The molecule has 1 aliphatic rings. The summed E-state index contributed by atoms with van der Waals surface area (Å²) in [5.74, 6) is -1.77. The number of aromatic nitrogens is 1. The molecule has 24 heavy (non-hydrogen) atoms. The van der Waals surface area contributed by atoms with Crippen molar-refractivity contribution in [2.75, 3.05) is 31.1 Å². The summed E-state index contributed by atoms with van der Waals surface area (Å²) in [5, 5.41) is 9.52. The Bertz CT molecular complexity index is 729. The van der Waals surface area contributed by atoms with Gasteiger partial charge in [-0.1, -0.05) is 0 Å². The van der Waals surface area contributed by atoms with Gasteiger partial charge in [0, 0.05) is 43.8 Å². The lowest BCUT2D eigenvalue weighted by Gasteiger charge is -2.24. The van der Waals surface area contributed by atoms with Crippen LogP contribution in [-0.4, -0.2) is 53.0 Å². The molecular formula is C17H19N3O4. The first kappa shape index (κ1) is 16.0. The van der Waals surface area contributed by atoms with Crippen LogP contribution in [-0.2, 0) is 4.79 Å². The Hall–Kier alpha value is -2.83. The molecule has 0 aliphatic carbocycles. The van der Waals surface area contributed by atoms with Crippen LogP contribution in [0.2, 0.25) is 0 Å². The maximum Gasteiger partial charge on any atom is 0.310 e. The van der Waals surface area contributed by atoms with E-state index in [1.54, 1.807) is 17.2 Å². The molecule has 3 heterocycles. The summed E-state index contributed by atoms with van der Waals surface area (Å²) in [6, 6.07) is 5.37. The minimum absolute atomic E-state index is 0.180. The van der Waals surface area contributed by atoms with Gasteiger partial charge in [0.1, 0.15) is 6.26 Å². The number of amides is 1. The van der Waals surface area contributed by atoms with Crippen molar-refractivity contribution in [1.29, 1.82) is 0 Å². The number of aliphatic carboxylic acids is 1. The van der Waals surface area contributed by atoms with Gasteiger partial charge in [0.2, 0.25) is 0 Å². The Morgan fingerprint density at radius 1 is 1.29 bits per heavy atom. The number of rotatable bonds is 3. The van der Waals surface area contributed by atoms with Crippen molar-refractivity contribution >= 4 is 17.6 Å². The van der Waals surface area contributed by atoms with E-state index in [1.807, 2.05) is 24.0 Å². The number of anilines is 1. The number of carboxylic acid groups (broad SMARTS) is 1. The van der Waals surface area contributed by atoms with Crippen LogP contribution >= 0.6 is 0 Å². The zero-order valence-electron chi connectivity index (χ0n) is 13.4. The van der Waals surface area contributed by atoms with Crippen LogP contribution in [0.25, 0.3) is 0 Å². The first-order valence-corrected chi connectivity index (χ1v) is 7.76. The molecule has 1 aliphatic heterocycles. The number of carbonyl (C=O) groups is 2. The maximum atomic E-state index is 12.5. The fourth-order valence-corrected chi connectivity index (χ4v) is 2.88. The Kier molecular flexibility index (Phi) is 4.50. The first-order valence-electron chi connectivity index (χ1n) is 7.76. The lowest BCUT2D eigenvalue weighted by molar-refractivity contribution is -0.141. The molecule has 0 saturated carbocycles. The van der Waals surface area contributed by atoms with E-state index < -0.39 is 11.9 Å². The first-order chi connectivity index (χ1) is 11.5. The maximum absolute atomic E-state index is 12.5. The van der Waals surface area contributed by atoms with Crippen LogP contribution in [0.3, 0.4) is 0 Å². The van der Waals surface area contributed by atoms with Crippen molar-refractivity contribution in [3.05, 3.63) is 48.2 Å². The van der Waals surface area contributed by atoms with Gasteiger partial charge in [-0.15, -0.1) is 0 Å². The van der Waals surface area contributed by atoms with Gasteiger partial charge in [-0.25, -0.2) is 0 Å². The number of hydrogen-bond acceptors (Lipinski definition) is 5. The highest BCUT2D eigenvalue weighted by atomic mass is 16.4. The van der Waals surface area contributed by atoms with Crippen molar-refractivity contribution in [3.63, 3.8) is 0 Å². The van der Waals surface area contributed by atoms with Crippen LogP contribution < -0.4 is 4.90 Å². The van der Waals surface area contributed by atoms with Gasteiger partial charge in [0.05, 0.1) is 17.7 Å². The van der Waals surface area contributed by atoms with Crippen molar-refractivity contribution in [3.8, 4) is 0 Å². The third-order valence-electron chi connectivity index (χ3n) is 4.17. The Morgan fingerprint density at radius 3 is 2.79 bits per heavy atom. The highest BCUT2D eigenvalue weighted by molar-refractivity contribution is 5.94. The molecule has 7 heteroatoms. The van der Waals surface area contributed by atoms with Gasteiger partial charge in [-0.2, -0.15) is 0 Å². The smallest absolute Gasteiger partial charge is 0.310 e. The Morgan fingerprint density at radius 2 is 2.12 bits per heavy atom. The lowest BCUT2D eigenvalue weighted by atomic mass is 10.1. The second-order valence-corrected chi connectivity index (χ2v) is 5.90. The highest BCUT2D eigenvalue weighted by Crippen LogP contribution is 2.20. The van der Waals surface area contributed by atoms with Gasteiger partial charge in [0.15, 0.2) is 0 Å². The molecule has 0 radical (unpaired) electrons. The zero-order chi connectivity index (χ0) is 17.1. The number of carboxylic acids is 1. The average molecular weight is 329 g/mol. The topological polar surface area (TPSA) is 86.9 Å². The molecular weight excluding hydrogens is 310 g/mol. The standard InChI is InChI=1S/C17H19N3O4/c1-12-8-15(2-4-18-12)19-5-6-20(10-14(9-19)17(22)23)16(21)13-3-7-24-11-13/h2-4,7-8,11,14H,5-6,9-10H2,1H3,(H,22,23)/t14-/m1/s1. The molecule has 0 bridgehead atoms. The van der Waals surface area contributed by atoms with Gasteiger partial charge in [0.25, 0.3) is 5.91 Å². The van der Waals surface area contributed by atoms with Crippen molar-refractivity contribution in [2.45, 2.75) is 6.92 Å². The third-order valence-corrected chi connectivity index (χ3v) is 4.17. The Labute approximate surface area is 139 Å². The number of pyridine rings is 1. The SMILES string of the molecule is Cc1cc(N2CCN(C(=O)c3ccoc3)C[C@H](C(=O)O)C2)ccn1. The van der Waals surface area contributed by atoms with Gasteiger partial charge >= 0.3 is 5.97 Å². The van der Waals surface area contributed by atoms with E-state index in [0.717, 1.165) is 11.4 Å². The summed E-state index contributed by atoms with van der Waals surface area (Å²) in [5.41, 5.74) is 2.23. The molecule has 1 fully saturated rings. The zero-order valence-corrected chi connectivity index (χ0v) is 13.4. The van der Waals surface area contributed by atoms with E-state index in [2.05, 4.69) is 4.98 Å². The predicted octanol–water partition coefficient (Wildman–Crippen LogP) is 1.65. The third kappa shape index (κ3) is 3.40. The molecule has 7 nitrogen and oxygen atoms in total. The van der Waals surface area contributed by atoms with Crippen LogP contribution in [0.1, 0.15) is 16.1 Å². The summed E-state index contributed by atoms with van der Waals surface area (Å²) in [4.78, 5) is 31.9. The summed E-state index contributed by atoms with van der Waals surface area (Å²) in [7, 11) is 0. The van der Waals surface area contributed by atoms with E-state index in [-0.39, 0.29) is 12.5 Å². The van der Waals surface area contributed by atoms with E-state index in [0.29, 0.717) is 25.2 Å². The predicted molar refractivity (Wildman–Crippen MR) is 86.9 cm³/mol. The number of aryl methyl sites for hydroxylation is 1. The van der Waals surface area contributed by atoms with Crippen LogP contribution in [0, 0.1) is 12.8 Å². The summed E-state index contributed by atoms with van der Waals surface area (Å²) >= 11 is 0. The molecule has 3 rings (SSSR count). The van der Waals surface area contributed by atoms with E-state index in [4.69, 9.17) is 4.42 Å². The van der Waals surface area contributed by atoms with E-state index in [9.17, 15) is 14.7 Å². The van der Waals surface area contributed by atoms with Gasteiger partial charge in [-0.05, 0) is 25.1 Å². The number of nitrogens with zero attached hydrogens (tertiary/aromatic N) is 3. The molecule has 1 atom stereocenters. The molecule has 0 aromatic carbocycles. The highest BCUT2D eigenvalue weighted by Gasteiger charge is 2.30.